The van der Waals surface area contributed by atoms with E-state index in [2.05, 4.69) is 12.2 Å². The van der Waals surface area contributed by atoms with Crippen LogP contribution in [-0.2, 0) is 9.59 Å². The summed E-state index contributed by atoms with van der Waals surface area (Å²) in [4.78, 5) is 26.6. The van der Waals surface area contributed by atoms with Gasteiger partial charge in [0.2, 0.25) is 11.8 Å². The molecule has 0 aromatic rings. The van der Waals surface area contributed by atoms with Gasteiger partial charge in [-0.25, -0.2) is 0 Å². The van der Waals surface area contributed by atoms with E-state index in [1.807, 2.05) is 6.92 Å². The lowest BCUT2D eigenvalue weighted by atomic mass is 9.78. The molecule has 1 N–H and O–H groups in total. The van der Waals surface area contributed by atoms with Gasteiger partial charge in [-0.3, -0.25) is 9.59 Å². The lowest BCUT2D eigenvalue weighted by Crippen LogP contribution is -2.70. The van der Waals surface area contributed by atoms with E-state index in [0.29, 0.717) is 6.54 Å². The summed E-state index contributed by atoms with van der Waals surface area (Å²) >= 11 is 0. The van der Waals surface area contributed by atoms with Crippen molar-refractivity contribution in [2.75, 3.05) is 6.54 Å². The molecule has 18 heavy (non-hydrogen) atoms. The Labute approximate surface area is 109 Å². The van der Waals surface area contributed by atoms with E-state index >= 15 is 0 Å². The first-order valence-electron chi connectivity index (χ1n) is 7.24. The molecule has 102 valence electrons. The van der Waals surface area contributed by atoms with E-state index in [4.69, 9.17) is 0 Å². The van der Waals surface area contributed by atoms with Gasteiger partial charge in [-0.05, 0) is 26.2 Å². The fourth-order valence-corrected chi connectivity index (χ4v) is 3.10. The molecule has 4 heteroatoms. The molecule has 1 spiro atoms. The second-order valence-corrected chi connectivity index (χ2v) is 5.66. The van der Waals surface area contributed by atoms with Crippen molar-refractivity contribution in [3.05, 3.63) is 0 Å². The van der Waals surface area contributed by atoms with Crippen LogP contribution in [0.3, 0.4) is 0 Å². The van der Waals surface area contributed by atoms with Crippen molar-refractivity contribution in [3.63, 3.8) is 0 Å². The predicted molar refractivity (Wildman–Crippen MR) is 70.0 cm³/mol. The molecule has 1 saturated heterocycles. The highest BCUT2D eigenvalue weighted by molar-refractivity contribution is 5.99. The third-order valence-electron chi connectivity index (χ3n) is 4.34. The lowest BCUT2D eigenvalue weighted by molar-refractivity contribution is -0.156. The molecule has 1 aliphatic heterocycles. The molecule has 1 unspecified atom stereocenters. The highest BCUT2D eigenvalue weighted by atomic mass is 16.2. The zero-order valence-electron chi connectivity index (χ0n) is 11.5. The van der Waals surface area contributed by atoms with Gasteiger partial charge in [-0.1, -0.05) is 32.6 Å². The maximum absolute atomic E-state index is 12.7. The van der Waals surface area contributed by atoms with Gasteiger partial charge in [0.25, 0.3) is 0 Å². The number of amides is 2. The SMILES string of the molecule is CCCCN1C(=O)C2(CCCCC2)NC(=O)C1C. The summed E-state index contributed by atoms with van der Waals surface area (Å²) < 4.78 is 0. The standard InChI is InChI=1S/C14H24N2O2/c1-3-4-10-16-11(2)12(17)15-14(13(16)18)8-6-5-7-9-14/h11H,3-10H2,1-2H3,(H,15,17). The molecule has 2 aliphatic rings. The Morgan fingerprint density at radius 3 is 2.56 bits per heavy atom. The van der Waals surface area contributed by atoms with Gasteiger partial charge in [-0.15, -0.1) is 0 Å². The molecule has 2 rings (SSSR count). The first-order chi connectivity index (χ1) is 8.60. The Hall–Kier alpha value is -1.06. The predicted octanol–water partition coefficient (Wildman–Crippen LogP) is 1.84. The van der Waals surface area contributed by atoms with E-state index in [9.17, 15) is 9.59 Å². The minimum Gasteiger partial charge on any atom is -0.340 e. The second kappa shape index (κ2) is 5.29. The van der Waals surface area contributed by atoms with Crippen molar-refractivity contribution in [1.82, 2.24) is 10.2 Å². The molecule has 1 heterocycles. The Kier molecular flexibility index (Phi) is 3.93. The molecule has 0 bridgehead atoms. The first-order valence-corrected chi connectivity index (χ1v) is 7.24. The minimum absolute atomic E-state index is 0.0209. The van der Waals surface area contributed by atoms with Gasteiger partial charge in [0.1, 0.15) is 11.6 Å². The minimum atomic E-state index is -0.574. The number of piperazine rings is 1. The number of hydrogen-bond acceptors (Lipinski definition) is 2. The molecule has 0 aromatic heterocycles. The molecule has 2 fully saturated rings. The Balaban J connectivity index is 2.18. The van der Waals surface area contributed by atoms with Crippen LogP contribution in [0.1, 0.15) is 58.8 Å². The molecule has 1 saturated carbocycles. The van der Waals surface area contributed by atoms with Crippen LogP contribution in [0.4, 0.5) is 0 Å². The number of nitrogens with zero attached hydrogens (tertiary/aromatic N) is 1. The monoisotopic (exact) mass is 252 g/mol. The third-order valence-corrected chi connectivity index (χ3v) is 4.34. The summed E-state index contributed by atoms with van der Waals surface area (Å²) in [7, 11) is 0. The normalized spacial score (nSPS) is 27.4. The highest BCUT2D eigenvalue weighted by Crippen LogP contribution is 2.33. The number of unbranched alkanes of at least 4 members (excludes halogenated alkanes) is 1. The van der Waals surface area contributed by atoms with Crippen LogP contribution in [-0.4, -0.2) is 34.8 Å². The van der Waals surface area contributed by atoms with E-state index in [0.717, 1.165) is 38.5 Å². The summed E-state index contributed by atoms with van der Waals surface area (Å²) in [6.07, 6.45) is 6.91. The zero-order chi connectivity index (χ0) is 13.2. The Morgan fingerprint density at radius 2 is 1.94 bits per heavy atom. The van der Waals surface area contributed by atoms with Crippen molar-refractivity contribution in [3.8, 4) is 0 Å². The van der Waals surface area contributed by atoms with Gasteiger partial charge >= 0.3 is 0 Å². The van der Waals surface area contributed by atoms with Crippen LogP contribution < -0.4 is 5.32 Å². The van der Waals surface area contributed by atoms with Crippen LogP contribution in [0, 0.1) is 0 Å². The van der Waals surface area contributed by atoms with E-state index in [-0.39, 0.29) is 17.9 Å². The lowest BCUT2D eigenvalue weighted by Gasteiger charge is -2.47. The van der Waals surface area contributed by atoms with E-state index < -0.39 is 5.54 Å². The van der Waals surface area contributed by atoms with Crippen LogP contribution >= 0.6 is 0 Å². The number of carbonyl (C=O) groups is 2. The number of carbonyl (C=O) groups excluding carboxylic acids is 2. The number of hydrogen-bond donors (Lipinski definition) is 1. The maximum Gasteiger partial charge on any atom is 0.248 e. The van der Waals surface area contributed by atoms with Crippen LogP contribution in [0.25, 0.3) is 0 Å². The maximum atomic E-state index is 12.7. The summed E-state index contributed by atoms with van der Waals surface area (Å²) in [5.74, 6) is 0.176. The highest BCUT2D eigenvalue weighted by Gasteiger charge is 2.49. The van der Waals surface area contributed by atoms with Gasteiger partial charge in [0.15, 0.2) is 0 Å². The molecule has 1 aliphatic carbocycles. The molecular formula is C14H24N2O2. The van der Waals surface area contributed by atoms with Gasteiger partial charge in [0.05, 0.1) is 0 Å². The molecule has 0 radical (unpaired) electrons. The fraction of sp³-hybridized carbons (Fsp3) is 0.857. The van der Waals surface area contributed by atoms with Crippen molar-refractivity contribution in [2.45, 2.75) is 70.4 Å². The van der Waals surface area contributed by atoms with Gasteiger partial charge in [-0.2, -0.15) is 0 Å². The van der Waals surface area contributed by atoms with Crippen molar-refractivity contribution >= 4 is 11.8 Å². The largest absolute Gasteiger partial charge is 0.340 e. The van der Waals surface area contributed by atoms with E-state index in [1.54, 1.807) is 4.90 Å². The number of rotatable bonds is 3. The Bertz CT molecular complexity index is 335. The van der Waals surface area contributed by atoms with Crippen LogP contribution in [0.5, 0.6) is 0 Å². The van der Waals surface area contributed by atoms with Crippen molar-refractivity contribution in [2.24, 2.45) is 0 Å². The molecular weight excluding hydrogens is 228 g/mol. The van der Waals surface area contributed by atoms with E-state index in [1.165, 1.54) is 6.42 Å². The topological polar surface area (TPSA) is 49.4 Å². The zero-order valence-corrected chi connectivity index (χ0v) is 11.5. The Morgan fingerprint density at radius 1 is 1.28 bits per heavy atom. The summed E-state index contributed by atoms with van der Waals surface area (Å²) in [5, 5.41) is 3.01. The van der Waals surface area contributed by atoms with Crippen LogP contribution in [0.15, 0.2) is 0 Å². The van der Waals surface area contributed by atoms with Gasteiger partial charge < -0.3 is 10.2 Å². The molecule has 0 aromatic carbocycles. The fourth-order valence-electron chi connectivity index (χ4n) is 3.10. The molecule has 2 amide bonds. The average Bonchev–Trinajstić information content (AvgIpc) is 2.38. The van der Waals surface area contributed by atoms with Gasteiger partial charge in [0, 0.05) is 6.54 Å². The van der Waals surface area contributed by atoms with Crippen molar-refractivity contribution in [1.29, 1.82) is 0 Å². The first kappa shape index (κ1) is 13.4. The summed E-state index contributed by atoms with van der Waals surface area (Å²) in [6.45, 7) is 4.65. The molecule has 4 nitrogen and oxygen atoms in total. The van der Waals surface area contributed by atoms with Crippen molar-refractivity contribution < 1.29 is 9.59 Å². The third kappa shape index (κ3) is 2.25. The number of nitrogens with one attached hydrogen (secondary N) is 1. The summed E-state index contributed by atoms with van der Waals surface area (Å²) in [5.41, 5.74) is -0.574. The second-order valence-electron chi connectivity index (χ2n) is 5.66. The molecule has 1 atom stereocenters. The quantitative estimate of drug-likeness (QED) is 0.833. The smallest absolute Gasteiger partial charge is 0.248 e. The average molecular weight is 252 g/mol. The van der Waals surface area contributed by atoms with Crippen LogP contribution in [0.2, 0.25) is 0 Å². The summed E-state index contributed by atoms with van der Waals surface area (Å²) in [6, 6.07) is -0.309.